The van der Waals surface area contributed by atoms with Gasteiger partial charge in [0, 0.05) is 5.56 Å². The van der Waals surface area contributed by atoms with Crippen molar-refractivity contribution >= 4 is 17.4 Å². The number of anilines is 1. The Morgan fingerprint density at radius 1 is 1.00 bits per heavy atom. The van der Waals surface area contributed by atoms with E-state index in [1.807, 2.05) is 31.2 Å². The highest BCUT2D eigenvalue weighted by atomic mass is 16.3. The van der Waals surface area contributed by atoms with E-state index in [0.29, 0.717) is 17.8 Å². The van der Waals surface area contributed by atoms with Crippen LogP contribution in [0.25, 0.3) is 0 Å². The summed E-state index contributed by atoms with van der Waals surface area (Å²) in [5, 5.41) is 21.3. The summed E-state index contributed by atoms with van der Waals surface area (Å²) in [4.78, 5) is 27.6. The van der Waals surface area contributed by atoms with Gasteiger partial charge < -0.3 is 15.1 Å². The molecule has 0 aliphatic carbocycles. The smallest absolute Gasteiger partial charge is 0.264 e. The fourth-order valence-electron chi connectivity index (χ4n) is 3.86. The highest BCUT2D eigenvalue weighted by Gasteiger charge is 2.50. The van der Waals surface area contributed by atoms with Crippen molar-refractivity contribution < 1.29 is 19.8 Å². The summed E-state index contributed by atoms with van der Waals surface area (Å²) in [7, 11) is 0. The van der Waals surface area contributed by atoms with Crippen molar-refractivity contribution in [3.05, 3.63) is 95.1 Å². The molecule has 4 rings (SSSR count). The fraction of sp³-hybridized carbons (Fsp3) is 0.167. The number of fused-ring (bicyclic) bond motifs is 1. The highest BCUT2D eigenvalue weighted by Crippen LogP contribution is 2.43. The van der Waals surface area contributed by atoms with Crippen molar-refractivity contribution in [3.63, 3.8) is 0 Å². The Morgan fingerprint density at radius 3 is 2.48 bits per heavy atom. The van der Waals surface area contributed by atoms with Gasteiger partial charge in [-0.05, 0) is 30.7 Å². The van der Waals surface area contributed by atoms with E-state index in [9.17, 15) is 19.8 Å². The number of phenolic OH excluding ortho intramolecular Hbond substituents is 1. The number of aromatic hydroxyl groups is 1. The number of carbonyl (C=O) groups is 2. The summed E-state index contributed by atoms with van der Waals surface area (Å²) >= 11 is 0. The quantitative estimate of drug-likeness (QED) is 0.655. The minimum absolute atomic E-state index is 0.0864. The Bertz CT molecular complexity index is 1110. The second kappa shape index (κ2) is 7.18. The summed E-state index contributed by atoms with van der Waals surface area (Å²) in [6.45, 7) is 2.27. The fourth-order valence-corrected chi connectivity index (χ4v) is 3.86. The van der Waals surface area contributed by atoms with E-state index >= 15 is 0 Å². The minimum Gasteiger partial charge on any atom is -0.507 e. The first-order chi connectivity index (χ1) is 13.9. The number of carbonyl (C=O) groups excluding carboxylic acids is 2. The average molecular weight is 387 g/mol. The Balaban J connectivity index is 1.70. The standard InChI is InChI=1S/C24H21NO4/c1-16-7-6-8-17(13-16)15-25-20-11-4-3-10-19(20)24(29,23(25)28)14-22(27)18-9-2-5-12-21(18)26/h2-13,26,29H,14-15H2,1H3. The molecule has 1 unspecified atom stereocenters. The van der Waals surface area contributed by atoms with Crippen LogP contribution in [0.2, 0.25) is 0 Å². The molecule has 1 atom stereocenters. The maximum Gasteiger partial charge on any atom is 0.264 e. The minimum atomic E-state index is -1.97. The van der Waals surface area contributed by atoms with Crippen LogP contribution < -0.4 is 4.90 Å². The van der Waals surface area contributed by atoms with Crippen LogP contribution in [-0.4, -0.2) is 21.9 Å². The second-order valence-corrected chi connectivity index (χ2v) is 7.37. The second-order valence-electron chi connectivity index (χ2n) is 7.37. The summed E-state index contributed by atoms with van der Waals surface area (Å²) in [6, 6.07) is 20.9. The molecule has 0 fully saturated rings. The third-order valence-electron chi connectivity index (χ3n) is 5.28. The van der Waals surface area contributed by atoms with Gasteiger partial charge in [-0.15, -0.1) is 0 Å². The van der Waals surface area contributed by atoms with E-state index in [-0.39, 0.29) is 11.3 Å². The van der Waals surface area contributed by atoms with E-state index in [1.165, 1.54) is 17.0 Å². The van der Waals surface area contributed by atoms with Gasteiger partial charge in [-0.1, -0.05) is 60.2 Å². The molecule has 2 N–H and O–H groups in total. The van der Waals surface area contributed by atoms with Crippen LogP contribution in [0.3, 0.4) is 0 Å². The molecule has 0 spiro atoms. The van der Waals surface area contributed by atoms with E-state index in [2.05, 4.69) is 0 Å². The van der Waals surface area contributed by atoms with Gasteiger partial charge in [0.25, 0.3) is 5.91 Å². The van der Waals surface area contributed by atoms with Crippen molar-refractivity contribution in [1.82, 2.24) is 0 Å². The number of hydrogen-bond acceptors (Lipinski definition) is 4. The number of aliphatic hydroxyl groups is 1. The van der Waals surface area contributed by atoms with Crippen LogP contribution in [0.4, 0.5) is 5.69 Å². The lowest BCUT2D eigenvalue weighted by molar-refractivity contribution is -0.136. The molecule has 0 aromatic heterocycles. The third-order valence-corrected chi connectivity index (χ3v) is 5.28. The van der Waals surface area contributed by atoms with E-state index in [0.717, 1.165) is 11.1 Å². The molecule has 5 heteroatoms. The lowest BCUT2D eigenvalue weighted by atomic mass is 9.88. The van der Waals surface area contributed by atoms with Crippen LogP contribution in [-0.2, 0) is 16.9 Å². The van der Waals surface area contributed by atoms with Gasteiger partial charge in [0.15, 0.2) is 11.4 Å². The highest BCUT2D eigenvalue weighted by molar-refractivity contribution is 6.11. The summed E-state index contributed by atoms with van der Waals surface area (Å²) < 4.78 is 0. The molecule has 0 saturated carbocycles. The Morgan fingerprint density at radius 2 is 1.72 bits per heavy atom. The molecule has 29 heavy (non-hydrogen) atoms. The summed E-state index contributed by atoms with van der Waals surface area (Å²) in [5.74, 6) is -1.20. The van der Waals surface area contributed by atoms with Crippen molar-refractivity contribution in [2.24, 2.45) is 0 Å². The molecule has 3 aromatic rings. The molecule has 146 valence electrons. The monoisotopic (exact) mass is 387 g/mol. The number of para-hydroxylation sites is 2. The topological polar surface area (TPSA) is 77.8 Å². The van der Waals surface area contributed by atoms with Gasteiger partial charge in [0.1, 0.15) is 5.75 Å². The van der Waals surface area contributed by atoms with Crippen LogP contribution in [0, 0.1) is 6.92 Å². The Kier molecular flexibility index (Phi) is 4.68. The van der Waals surface area contributed by atoms with Gasteiger partial charge in [-0.3, -0.25) is 9.59 Å². The Labute approximate surface area is 168 Å². The van der Waals surface area contributed by atoms with Crippen molar-refractivity contribution in [3.8, 4) is 5.75 Å². The van der Waals surface area contributed by atoms with Crippen molar-refractivity contribution in [2.45, 2.75) is 25.5 Å². The number of benzene rings is 3. The Hall–Kier alpha value is -3.44. The predicted molar refractivity (Wildman–Crippen MR) is 110 cm³/mol. The molecule has 3 aromatic carbocycles. The number of aryl methyl sites for hydroxylation is 1. The van der Waals surface area contributed by atoms with E-state index in [1.54, 1.807) is 36.4 Å². The zero-order valence-electron chi connectivity index (χ0n) is 16.0. The molecule has 5 nitrogen and oxygen atoms in total. The molecule has 0 radical (unpaired) electrons. The molecule has 1 amide bonds. The molecular weight excluding hydrogens is 366 g/mol. The SMILES string of the molecule is Cc1cccc(CN2C(=O)C(O)(CC(=O)c3ccccc3O)c3ccccc32)c1. The zero-order valence-corrected chi connectivity index (χ0v) is 16.0. The number of hydrogen-bond donors (Lipinski definition) is 2. The van der Waals surface area contributed by atoms with E-state index in [4.69, 9.17) is 0 Å². The lowest BCUT2D eigenvalue weighted by Crippen LogP contribution is -2.41. The number of ketones is 1. The zero-order chi connectivity index (χ0) is 20.6. The maximum atomic E-state index is 13.3. The van der Waals surface area contributed by atoms with Crippen LogP contribution in [0.1, 0.15) is 33.5 Å². The number of phenols is 1. The summed E-state index contributed by atoms with van der Waals surface area (Å²) in [6.07, 6.45) is -0.440. The van der Waals surface area contributed by atoms with Gasteiger partial charge >= 0.3 is 0 Å². The van der Waals surface area contributed by atoms with Crippen LogP contribution >= 0.6 is 0 Å². The number of nitrogens with zero attached hydrogens (tertiary/aromatic N) is 1. The number of rotatable bonds is 5. The number of amides is 1. The van der Waals surface area contributed by atoms with Gasteiger partial charge in [-0.2, -0.15) is 0 Å². The summed E-state index contributed by atoms with van der Waals surface area (Å²) in [5.41, 5.74) is 1.12. The normalized spacial score (nSPS) is 18.0. The largest absolute Gasteiger partial charge is 0.507 e. The molecule has 1 heterocycles. The van der Waals surface area contributed by atoms with Gasteiger partial charge in [0.2, 0.25) is 0 Å². The molecular formula is C24H21NO4. The average Bonchev–Trinajstić information content (AvgIpc) is 2.90. The first-order valence-corrected chi connectivity index (χ1v) is 9.41. The maximum absolute atomic E-state index is 13.3. The van der Waals surface area contributed by atoms with Crippen LogP contribution in [0.15, 0.2) is 72.8 Å². The molecule has 0 saturated heterocycles. The van der Waals surface area contributed by atoms with E-state index < -0.39 is 23.7 Å². The molecule has 1 aliphatic rings. The molecule has 1 aliphatic heterocycles. The lowest BCUT2D eigenvalue weighted by Gasteiger charge is -2.23. The van der Waals surface area contributed by atoms with Crippen LogP contribution in [0.5, 0.6) is 5.75 Å². The van der Waals surface area contributed by atoms with Gasteiger partial charge in [0.05, 0.1) is 24.2 Å². The molecule has 0 bridgehead atoms. The van der Waals surface area contributed by atoms with Gasteiger partial charge in [-0.25, -0.2) is 0 Å². The van der Waals surface area contributed by atoms with Crippen molar-refractivity contribution in [2.75, 3.05) is 4.90 Å². The predicted octanol–water partition coefficient (Wildman–Crippen LogP) is 3.71. The first-order valence-electron chi connectivity index (χ1n) is 9.41. The first kappa shape index (κ1) is 18.9. The third kappa shape index (κ3) is 3.30. The number of Topliss-reactive ketones (excluding diaryl/α,β-unsaturated/α-hetero) is 1. The van der Waals surface area contributed by atoms with Crippen molar-refractivity contribution in [1.29, 1.82) is 0 Å².